The Kier molecular flexibility index (Phi) is 5.33. The molecule has 20 heavy (non-hydrogen) atoms. The monoisotopic (exact) mass is 284 g/mol. The van der Waals surface area contributed by atoms with Crippen LogP contribution in [0.5, 0.6) is 5.75 Å². The van der Waals surface area contributed by atoms with Crippen molar-refractivity contribution in [3.05, 3.63) is 30.3 Å². The summed E-state index contributed by atoms with van der Waals surface area (Å²) in [5.74, 6) is -0.0151. The number of aliphatic hydroxyl groups excluding tert-OH is 4. The van der Waals surface area contributed by atoms with Crippen LogP contribution in [0.25, 0.3) is 0 Å². The SMILES string of the molecule is OCC[C@@H]1[C@H](Oc2ccccc2)O[C@H](CO)[C@H](O)[C@@H]1O. The van der Waals surface area contributed by atoms with Crippen LogP contribution in [0.1, 0.15) is 6.42 Å². The summed E-state index contributed by atoms with van der Waals surface area (Å²) in [5.41, 5.74) is 0. The predicted octanol–water partition coefficient (Wildman–Crippen LogP) is -0.497. The molecule has 6 heteroatoms. The van der Waals surface area contributed by atoms with Gasteiger partial charge in [-0.2, -0.15) is 0 Å². The van der Waals surface area contributed by atoms with Crippen LogP contribution in [0.4, 0.5) is 0 Å². The third kappa shape index (κ3) is 3.28. The van der Waals surface area contributed by atoms with Crippen LogP contribution in [0, 0.1) is 5.92 Å². The Hall–Kier alpha value is -1.18. The molecule has 2 rings (SSSR count). The van der Waals surface area contributed by atoms with E-state index in [1.54, 1.807) is 24.3 Å². The molecule has 0 bridgehead atoms. The van der Waals surface area contributed by atoms with Crippen LogP contribution in [0.2, 0.25) is 0 Å². The molecule has 0 radical (unpaired) electrons. The Morgan fingerprint density at radius 1 is 1.05 bits per heavy atom. The third-order valence-corrected chi connectivity index (χ3v) is 3.47. The maximum atomic E-state index is 10.1. The molecule has 1 fully saturated rings. The predicted molar refractivity (Wildman–Crippen MR) is 70.0 cm³/mol. The molecule has 4 N–H and O–H groups in total. The molecule has 0 aromatic heterocycles. The van der Waals surface area contributed by atoms with Gasteiger partial charge in [-0.3, -0.25) is 0 Å². The Morgan fingerprint density at radius 2 is 1.75 bits per heavy atom. The van der Waals surface area contributed by atoms with Gasteiger partial charge >= 0.3 is 0 Å². The lowest BCUT2D eigenvalue weighted by molar-refractivity contribution is -0.262. The minimum absolute atomic E-state index is 0.156. The van der Waals surface area contributed by atoms with Crippen molar-refractivity contribution in [2.75, 3.05) is 13.2 Å². The molecule has 0 aliphatic carbocycles. The van der Waals surface area contributed by atoms with Gasteiger partial charge in [0.1, 0.15) is 18.0 Å². The van der Waals surface area contributed by atoms with E-state index >= 15 is 0 Å². The van der Waals surface area contributed by atoms with E-state index in [2.05, 4.69) is 0 Å². The third-order valence-electron chi connectivity index (χ3n) is 3.47. The molecule has 0 saturated carbocycles. The molecule has 112 valence electrons. The Morgan fingerprint density at radius 3 is 2.35 bits per heavy atom. The fraction of sp³-hybridized carbons (Fsp3) is 0.571. The Balaban J connectivity index is 2.13. The highest BCUT2D eigenvalue weighted by Gasteiger charge is 2.45. The molecule has 1 aliphatic rings. The van der Waals surface area contributed by atoms with Gasteiger partial charge in [0.25, 0.3) is 0 Å². The maximum Gasteiger partial charge on any atom is 0.205 e. The molecular weight excluding hydrogens is 264 g/mol. The van der Waals surface area contributed by atoms with Crippen LogP contribution in [-0.4, -0.2) is 58.2 Å². The summed E-state index contributed by atoms with van der Waals surface area (Å²) in [4.78, 5) is 0. The van der Waals surface area contributed by atoms with Gasteiger partial charge in [-0.25, -0.2) is 0 Å². The summed E-state index contributed by atoms with van der Waals surface area (Å²) in [7, 11) is 0. The first-order chi connectivity index (χ1) is 9.67. The number of para-hydroxylation sites is 1. The van der Waals surface area contributed by atoms with Gasteiger partial charge in [0, 0.05) is 6.61 Å². The standard InChI is InChI=1S/C14H20O6/c15-7-6-10-12(17)13(18)11(8-16)20-14(10)19-9-4-2-1-3-5-9/h1-5,10-18H,6-8H2/t10-,11+,12+,13-,14+/m0/s1. The van der Waals surface area contributed by atoms with Gasteiger partial charge < -0.3 is 29.9 Å². The van der Waals surface area contributed by atoms with Crippen molar-refractivity contribution in [1.29, 1.82) is 0 Å². The van der Waals surface area contributed by atoms with E-state index in [0.717, 1.165) is 0 Å². The van der Waals surface area contributed by atoms with E-state index < -0.39 is 37.1 Å². The van der Waals surface area contributed by atoms with Crippen molar-refractivity contribution in [2.24, 2.45) is 5.92 Å². The maximum absolute atomic E-state index is 10.1. The van der Waals surface area contributed by atoms with Gasteiger partial charge in [0.15, 0.2) is 0 Å². The second kappa shape index (κ2) is 7.01. The van der Waals surface area contributed by atoms with Crippen LogP contribution in [0.15, 0.2) is 30.3 Å². The molecule has 1 aromatic carbocycles. The Labute approximate surface area is 117 Å². The highest BCUT2D eigenvalue weighted by molar-refractivity contribution is 5.21. The number of aliphatic hydroxyl groups is 4. The normalized spacial score (nSPS) is 33.9. The average molecular weight is 284 g/mol. The second-order valence-corrected chi connectivity index (χ2v) is 4.81. The molecule has 0 unspecified atom stereocenters. The number of hydrogen-bond acceptors (Lipinski definition) is 6. The van der Waals surface area contributed by atoms with Crippen LogP contribution >= 0.6 is 0 Å². The second-order valence-electron chi connectivity index (χ2n) is 4.81. The highest BCUT2D eigenvalue weighted by atomic mass is 16.7. The summed E-state index contributed by atoms with van der Waals surface area (Å²) in [6.45, 7) is -0.574. The zero-order valence-electron chi connectivity index (χ0n) is 11.0. The van der Waals surface area contributed by atoms with Crippen LogP contribution < -0.4 is 4.74 Å². The van der Waals surface area contributed by atoms with Crippen molar-refractivity contribution >= 4 is 0 Å². The quantitative estimate of drug-likeness (QED) is 0.582. The van der Waals surface area contributed by atoms with Crippen molar-refractivity contribution in [2.45, 2.75) is 31.0 Å². The van der Waals surface area contributed by atoms with Crippen LogP contribution in [0.3, 0.4) is 0 Å². The fourth-order valence-electron chi connectivity index (χ4n) is 2.34. The Bertz CT molecular complexity index is 398. The van der Waals surface area contributed by atoms with Gasteiger partial charge in [0.2, 0.25) is 6.29 Å². The van der Waals surface area contributed by atoms with Crippen LogP contribution in [-0.2, 0) is 4.74 Å². The number of benzene rings is 1. The fourth-order valence-corrected chi connectivity index (χ4v) is 2.34. The molecule has 1 heterocycles. The zero-order chi connectivity index (χ0) is 14.5. The first-order valence-corrected chi connectivity index (χ1v) is 6.62. The largest absolute Gasteiger partial charge is 0.465 e. The van der Waals surface area contributed by atoms with E-state index in [9.17, 15) is 15.3 Å². The van der Waals surface area contributed by atoms with Crippen molar-refractivity contribution < 1.29 is 29.9 Å². The lowest BCUT2D eigenvalue weighted by Crippen LogP contribution is -2.57. The van der Waals surface area contributed by atoms with E-state index in [0.29, 0.717) is 5.75 Å². The first-order valence-electron chi connectivity index (χ1n) is 6.62. The summed E-state index contributed by atoms with van der Waals surface area (Å²) in [5, 5.41) is 38.2. The summed E-state index contributed by atoms with van der Waals surface area (Å²) < 4.78 is 11.1. The van der Waals surface area contributed by atoms with Gasteiger partial charge in [-0.15, -0.1) is 0 Å². The minimum Gasteiger partial charge on any atom is -0.465 e. The van der Waals surface area contributed by atoms with Gasteiger partial charge in [-0.1, -0.05) is 18.2 Å². The lowest BCUT2D eigenvalue weighted by Gasteiger charge is -2.41. The molecule has 5 atom stereocenters. The van der Waals surface area contributed by atoms with Crippen molar-refractivity contribution in [3.63, 3.8) is 0 Å². The topological polar surface area (TPSA) is 99.4 Å². The highest BCUT2D eigenvalue weighted by Crippen LogP contribution is 2.30. The minimum atomic E-state index is -1.20. The van der Waals surface area contributed by atoms with E-state index in [-0.39, 0.29) is 13.0 Å². The van der Waals surface area contributed by atoms with E-state index in [1.165, 1.54) is 0 Å². The van der Waals surface area contributed by atoms with Gasteiger partial charge in [-0.05, 0) is 18.6 Å². The number of ether oxygens (including phenoxy) is 2. The molecule has 0 amide bonds. The summed E-state index contributed by atoms with van der Waals surface area (Å²) in [6.07, 6.45) is -3.84. The molecule has 1 saturated heterocycles. The molecule has 1 aliphatic heterocycles. The number of rotatable bonds is 5. The lowest BCUT2D eigenvalue weighted by atomic mass is 9.88. The smallest absolute Gasteiger partial charge is 0.205 e. The van der Waals surface area contributed by atoms with Gasteiger partial charge in [0.05, 0.1) is 18.6 Å². The average Bonchev–Trinajstić information content (AvgIpc) is 2.47. The zero-order valence-corrected chi connectivity index (χ0v) is 11.0. The number of hydrogen-bond donors (Lipinski definition) is 4. The molecule has 0 spiro atoms. The molecular formula is C14H20O6. The van der Waals surface area contributed by atoms with Crippen molar-refractivity contribution in [1.82, 2.24) is 0 Å². The summed E-state index contributed by atoms with van der Waals surface area (Å²) in [6, 6.07) is 8.92. The first kappa shape index (κ1) is 15.2. The molecule has 6 nitrogen and oxygen atoms in total. The van der Waals surface area contributed by atoms with E-state index in [4.69, 9.17) is 14.6 Å². The van der Waals surface area contributed by atoms with E-state index in [1.807, 2.05) is 6.07 Å². The van der Waals surface area contributed by atoms with Crippen molar-refractivity contribution in [3.8, 4) is 5.75 Å². The summed E-state index contributed by atoms with van der Waals surface area (Å²) >= 11 is 0. The molecule has 1 aromatic rings.